The van der Waals surface area contributed by atoms with E-state index in [-0.39, 0.29) is 0 Å². The van der Waals surface area contributed by atoms with Gasteiger partial charge in [0, 0.05) is 0 Å². The van der Waals surface area contributed by atoms with Crippen molar-refractivity contribution >= 4 is 22.6 Å². The van der Waals surface area contributed by atoms with E-state index < -0.39 is 0 Å². The van der Waals surface area contributed by atoms with E-state index in [0.29, 0.717) is 0 Å². The number of rotatable bonds is 1. The van der Waals surface area contributed by atoms with Crippen LogP contribution in [-0.4, -0.2) is 0 Å². The molecule has 0 rings (SSSR count). The first kappa shape index (κ1) is 5.47. The SMILES string of the molecule is C=C(I)CC. The molecule has 0 aromatic rings. The molecule has 0 nitrogen and oxygen atoms in total. The molecule has 30 valence electrons. The Labute approximate surface area is 46.4 Å². The minimum atomic E-state index is 1.10. The lowest BCUT2D eigenvalue weighted by Crippen LogP contribution is -1.51. The Kier molecular flexibility index (Phi) is 2.95. The third-order valence-electron chi connectivity index (χ3n) is 0.384. The van der Waals surface area contributed by atoms with Crippen LogP contribution in [-0.2, 0) is 0 Å². The molecule has 0 radical (unpaired) electrons. The quantitative estimate of drug-likeness (QED) is 0.546. The van der Waals surface area contributed by atoms with Crippen LogP contribution in [0.15, 0.2) is 10.2 Å². The summed E-state index contributed by atoms with van der Waals surface area (Å²) in [6, 6.07) is 0. The molecule has 5 heavy (non-hydrogen) atoms. The van der Waals surface area contributed by atoms with E-state index in [0.717, 1.165) is 6.42 Å². The highest BCUT2D eigenvalue weighted by atomic mass is 127. The standard InChI is InChI=1S/C4H7I/c1-3-4(2)5/h2-3H2,1H3. The van der Waals surface area contributed by atoms with E-state index >= 15 is 0 Å². The lowest BCUT2D eigenvalue weighted by Gasteiger charge is -1.76. The van der Waals surface area contributed by atoms with Crippen LogP contribution in [0.2, 0.25) is 0 Å². The van der Waals surface area contributed by atoms with Gasteiger partial charge in [-0.05, 0) is 32.6 Å². The molecule has 0 fully saturated rings. The van der Waals surface area contributed by atoms with Crippen molar-refractivity contribution in [3.8, 4) is 0 Å². The molecular weight excluding hydrogens is 175 g/mol. The van der Waals surface area contributed by atoms with Crippen LogP contribution < -0.4 is 0 Å². The summed E-state index contributed by atoms with van der Waals surface area (Å²) in [6.07, 6.45) is 1.10. The van der Waals surface area contributed by atoms with E-state index in [2.05, 4.69) is 36.1 Å². The minimum absolute atomic E-state index is 1.10. The summed E-state index contributed by atoms with van der Waals surface area (Å²) in [5, 5.41) is 0. The molecule has 0 saturated heterocycles. The summed E-state index contributed by atoms with van der Waals surface area (Å²) in [7, 11) is 0. The van der Waals surface area contributed by atoms with Crippen LogP contribution >= 0.6 is 22.6 Å². The van der Waals surface area contributed by atoms with Crippen LogP contribution in [0.25, 0.3) is 0 Å². The van der Waals surface area contributed by atoms with Gasteiger partial charge in [-0.2, -0.15) is 0 Å². The van der Waals surface area contributed by atoms with Crippen molar-refractivity contribution < 1.29 is 0 Å². The molecule has 0 aliphatic carbocycles. The van der Waals surface area contributed by atoms with E-state index in [1.54, 1.807) is 0 Å². The van der Waals surface area contributed by atoms with Crippen molar-refractivity contribution in [3.63, 3.8) is 0 Å². The van der Waals surface area contributed by atoms with Crippen molar-refractivity contribution in [3.05, 3.63) is 10.2 Å². The summed E-state index contributed by atoms with van der Waals surface area (Å²) < 4.78 is 1.22. The van der Waals surface area contributed by atoms with Crippen LogP contribution in [0, 0.1) is 0 Å². The Bertz CT molecular complexity index is 38.9. The second-order valence-electron chi connectivity index (χ2n) is 0.871. The first-order valence-electron chi connectivity index (χ1n) is 1.60. The zero-order valence-corrected chi connectivity index (χ0v) is 5.45. The van der Waals surface area contributed by atoms with Crippen molar-refractivity contribution in [1.29, 1.82) is 0 Å². The average molecular weight is 182 g/mol. The first-order valence-corrected chi connectivity index (χ1v) is 2.68. The molecular formula is C4H7I. The highest BCUT2D eigenvalue weighted by molar-refractivity contribution is 14.1. The maximum Gasteiger partial charge on any atom is -0.0169 e. The zero-order chi connectivity index (χ0) is 4.28. The Balaban J connectivity index is 2.85. The predicted octanol–water partition coefficient (Wildman–Crippen LogP) is 2.35. The zero-order valence-electron chi connectivity index (χ0n) is 3.29. The largest absolute Gasteiger partial charge is 0.0897 e. The molecule has 0 saturated carbocycles. The maximum atomic E-state index is 3.66. The molecule has 0 unspecified atom stereocenters. The number of hydrogen-bond acceptors (Lipinski definition) is 0. The van der Waals surface area contributed by atoms with Crippen LogP contribution in [0.3, 0.4) is 0 Å². The fraction of sp³-hybridized carbons (Fsp3) is 0.500. The second kappa shape index (κ2) is 2.69. The maximum absolute atomic E-state index is 3.66. The normalized spacial score (nSPS) is 7.60. The minimum Gasteiger partial charge on any atom is -0.0897 e. The molecule has 0 aromatic heterocycles. The van der Waals surface area contributed by atoms with Crippen molar-refractivity contribution in [2.24, 2.45) is 0 Å². The summed E-state index contributed by atoms with van der Waals surface area (Å²) in [4.78, 5) is 0. The van der Waals surface area contributed by atoms with Gasteiger partial charge in [0.2, 0.25) is 0 Å². The van der Waals surface area contributed by atoms with Crippen LogP contribution in [0.1, 0.15) is 13.3 Å². The highest BCUT2D eigenvalue weighted by Crippen LogP contribution is 2.03. The third-order valence-corrected chi connectivity index (χ3v) is 1.15. The molecule has 0 spiro atoms. The molecule has 0 heterocycles. The first-order chi connectivity index (χ1) is 2.27. The Morgan fingerprint density at radius 3 is 2.20 bits per heavy atom. The van der Waals surface area contributed by atoms with Gasteiger partial charge in [0.05, 0.1) is 0 Å². The predicted molar refractivity (Wildman–Crippen MR) is 33.5 cm³/mol. The van der Waals surface area contributed by atoms with Crippen molar-refractivity contribution in [1.82, 2.24) is 0 Å². The van der Waals surface area contributed by atoms with Crippen LogP contribution in [0.5, 0.6) is 0 Å². The fourth-order valence-corrected chi connectivity index (χ4v) is 0. The van der Waals surface area contributed by atoms with E-state index in [1.165, 1.54) is 3.58 Å². The average Bonchev–Trinajstić information content (AvgIpc) is 1.38. The van der Waals surface area contributed by atoms with Gasteiger partial charge in [0.25, 0.3) is 0 Å². The Hall–Kier alpha value is 0.470. The van der Waals surface area contributed by atoms with Gasteiger partial charge in [0.1, 0.15) is 0 Å². The lowest BCUT2D eigenvalue weighted by atomic mass is 10.5. The molecule has 0 amide bonds. The second-order valence-corrected chi connectivity index (χ2v) is 2.40. The smallest absolute Gasteiger partial charge is 0.0169 e. The molecule has 0 aliphatic heterocycles. The van der Waals surface area contributed by atoms with Crippen LogP contribution in [0.4, 0.5) is 0 Å². The summed E-state index contributed by atoms with van der Waals surface area (Å²) in [5.74, 6) is 0. The number of halogens is 1. The van der Waals surface area contributed by atoms with Gasteiger partial charge in [0.15, 0.2) is 0 Å². The third kappa shape index (κ3) is 4.47. The Morgan fingerprint density at radius 2 is 2.20 bits per heavy atom. The molecule has 0 atom stereocenters. The van der Waals surface area contributed by atoms with Gasteiger partial charge in [-0.15, -0.1) is 0 Å². The van der Waals surface area contributed by atoms with Gasteiger partial charge in [-0.25, -0.2) is 0 Å². The number of hydrogen-bond donors (Lipinski definition) is 0. The van der Waals surface area contributed by atoms with E-state index in [4.69, 9.17) is 0 Å². The summed E-state index contributed by atoms with van der Waals surface area (Å²) in [5.41, 5.74) is 0. The molecule has 0 aliphatic rings. The Morgan fingerprint density at radius 1 is 2.00 bits per heavy atom. The van der Waals surface area contributed by atoms with Crippen molar-refractivity contribution in [2.75, 3.05) is 0 Å². The monoisotopic (exact) mass is 182 g/mol. The van der Waals surface area contributed by atoms with Gasteiger partial charge >= 0.3 is 0 Å². The molecule has 0 aromatic carbocycles. The highest BCUT2D eigenvalue weighted by Gasteiger charge is 1.70. The number of allylic oxidation sites excluding steroid dienone is 1. The lowest BCUT2D eigenvalue weighted by molar-refractivity contribution is 1.22. The van der Waals surface area contributed by atoms with E-state index in [1.807, 2.05) is 0 Å². The molecule has 0 N–H and O–H groups in total. The molecule has 0 bridgehead atoms. The summed E-state index contributed by atoms with van der Waals surface area (Å²) >= 11 is 2.21. The van der Waals surface area contributed by atoms with Gasteiger partial charge in [-0.3, -0.25) is 0 Å². The fourth-order valence-electron chi connectivity index (χ4n) is 0. The van der Waals surface area contributed by atoms with E-state index in [9.17, 15) is 0 Å². The molecule has 1 heteroatoms. The van der Waals surface area contributed by atoms with Crippen molar-refractivity contribution in [2.45, 2.75) is 13.3 Å². The van der Waals surface area contributed by atoms with Gasteiger partial charge in [-0.1, -0.05) is 13.5 Å². The summed E-state index contributed by atoms with van der Waals surface area (Å²) in [6.45, 7) is 5.75. The topological polar surface area (TPSA) is 0 Å². The van der Waals surface area contributed by atoms with Gasteiger partial charge < -0.3 is 0 Å².